The number of methoxy groups -OCH3 is 1. The molecule has 2 rings (SSSR count). The molecular weight excluding hydrogens is 287 g/mol. The number of sulfonamides is 1. The summed E-state index contributed by atoms with van der Waals surface area (Å²) in [4.78, 5) is 11.2. The molecule has 1 aliphatic rings. The summed E-state index contributed by atoms with van der Waals surface area (Å²) >= 11 is 0. The van der Waals surface area contributed by atoms with Crippen LogP contribution in [0.1, 0.15) is 23.2 Å². The van der Waals surface area contributed by atoms with Gasteiger partial charge in [-0.25, -0.2) is 17.9 Å². The number of benzene rings is 1. The zero-order valence-electron chi connectivity index (χ0n) is 10.8. The van der Waals surface area contributed by atoms with Crippen LogP contribution >= 0.6 is 0 Å². The number of carbonyl (C=O) groups is 1. The normalized spacial score (nSPS) is 22.1. The van der Waals surface area contributed by atoms with Gasteiger partial charge in [-0.2, -0.15) is 0 Å². The highest BCUT2D eigenvalue weighted by atomic mass is 32.2. The first-order chi connectivity index (χ1) is 9.31. The topological polar surface area (TPSA) is 98.5 Å². The van der Waals surface area contributed by atoms with E-state index >= 15 is 0 Å². The van der Waals surface area contributed by atoms with Gasteiger partial charge >= 0.3 is 0 Å². The Kier molecular flexibility index (Phi) is 4.07. The summed E-state index contributed by atoms with van der Waals surface area (Å²) in [7, 11) is -2.60. The second kappa shape index (κ2) is 5.47. The molecule has 0 spiro atoms. The van der Waals surface area contributed by atoms with Crippen molar-refractivity contribution < 1.29 is 22.3 Å². The molecule has 0 heterocycles. The van der Waals surface area contributed by atoms with Crippen LogP contribution in [0.2, 0.25) is 0 Å². The lowest BCUT2D eigenvalue weighted by molar-refractivity contribution is 0.0176. The number of rotatable bonds is 4. The molecule has 1 amide bonds. The molecular formula is C12H15FN2O4S. The van der Waals surface area contributed by atoms with Crippen LogP contribution in [0.15, 0.2) is 23.1 Å². The van der Waals surface area contributed by atoms with Crippen LogP contribution in [-0.2, 0) is 14.8 Å². The van der Waals surface area contributed by atoms with Crippen molar-refractivity contribution in [3.8, 4) is 0 Å². The molecule has 0 aliphatic heterocycles. The van der Waals surface area contributed by atoms with Gasteiger partial charge in [-0.05, 0) is 31.0 Å². The summed E-state index contributed by atoms with van der Waals surface area (Å²) in [5, 5.41) is 7.60. The maximum absolute atomic E-state index is 13.4. The van der Waals surface area contributed by atoms with Crippen molar-refractivity contribution in [1.82, 2.24) is 5.32 Å². The molecule has 8 heteroatoms. The summed E-state index contributed by atoms with van der Waals surface area (Å²) < 4.78 is 40.8. The van der Waals surface area contributed by atoms with Gasteiger partial charge in [-0.15, -0.1) is 0 Å². The molecule has 110 valence electrons. The lowest BCUT2D eigenvalue weighted by Gasteiger charge is -2.34. The Balaban J connectivity index is 2.11. The minimum absolute atomic E-state index is 0.0181. The largest absolute Gasteiger partial charge is 0.381 e. The molecule has 3 N–H and O–H groups in total. The van der Waals surface area contributed by atoms with Gasteiger partial charge in [0, 0.05) is 18.7 Å². The van der Waals surface area contributed by atoms with Gasteiger partial charge in [-0.3, -0.25) is 4.79 Å². The molecule has 0 aromatic heterocycles. The van der Waals surface area contributed by atoms with Crippen molar-refractivity contribution in [2.75, 3.05) is 7.11 Å². The Hall–Kier alpha value is -1.51. The van der Waals surface area contributed by atoms with Crippen LogP contribution in [0.3, 0.4) is 0 Å². The molecule has 0 bridgehead atoms. The summed E-state index contributed by atoms with van der Waals surface area (Å²) in [6.07, 6.45) is 1.53. The minimum Gasteiger partial charge on any atom is -0.381 e. The van der Waals surface area contributed by atoms with E-state index in [1.807, 2.05) is 0 Å². The number of carbonyl (C=O) groups excluding carboxylic acids is 1. The molecule has 1 saturated carbocycles. The monoisotopic (exact) mass is 302 g/mol. The van der Waals surface area contributed by atoms with E-state index in [0.717, 1.165) is 12.1 Å². The Labute approximate surface area is 116 Å². The number of nitrogens with two attached hydrogens (primary N) is 1. The first-order valence-electron chi connectivity index (χ1n) is 5.97. The second-order valence-corrected chi connectivity index (χ2v) is 6.22. The van der Waals surface area contributed by atoms with E-state index < -0.39 is 26.6 Å². The number of halogens is 1. The van der Waals surface area contributed by atoms with Gasteiger partial charge in [0.15, 0.2) is 0 Å². The highest BCUT2D eigenvalue weighted by Crippen LogP contribution is 2.23. The van der Waals surface area contributed by atoms with E-state index in [-0.39, 0.29) is 17.7 Å². The smallest absolute Gasteiger partial charge is 0.251 e. The molecule has 1 aromatic carbocycles. The second-order valence-electron chi connectivity index (χ2n) is 4.69. The van der Waals surface area contributed by atoms with E-state index in [4.69, 9.17) is 9.88 Å². The van der Waals surface area contributed by atoms with Gasteiger partial charge in [0.25, 0.3) is 5.91 Å². The number of amides is 1. The number of nitrogens with one attached hydrogen (secondary N) is 1. The predicted octanol–water partition coefficient (Wildman–Crippen LogP) is 0.380. The van der Waals surface area contributed by atoms with Gasteiger partial charge in [-0.1, -0.05) is 0 Å². The first kappa shape index (κ1) is 14.9. The lowest BCUT2D eigenvalue weighted by Crippen LogP contribution is -2.47. The van der Waals surface area contributed by atoms with Crippen molar-refractivity contribution in [2.24, 2.45) is 5.14 Å². The maximum atomic E-state index is 13.4. The molecule has 0 saturated heterocycles. The molecule has 0 radical (unpaired) electrons. The molecule has 1 aromatic rings. The molecule has 0 unspecified atom stereocenters. The van der Waals surface area contributed by atoms with Crippen LogP contribution in [-0.4, -0.2) is 33.6 Å². The summed E-state index contributed by atoms with van der Waals surface area (Å²) in [5.74, 6) is -1.44. The van der Waals surface area contributed by atoms with Crippen molar-refractivity contribution in [3.05, 3.63) is 29.6 Å². The van der Waals surface area contributed by atoms with E-state index in [1.54, 1.807) is 7.11 Å². The summed E-state index contributed by atoms with van der Waals surface area (Å²) in [5.41, 5.74) is 0.0521. The van der Waals surface area contributed by atoms with Crippen LogP contribution in [0, 0.1) is 5.82 Å². The number of hydrogen-bond acceptors (Lipinski definition) is 4. The summed E-state index contributed by atoms with van der Waals surface area (Å²) in [6.45, 7) is 0. The Morgan fingerprint density at radius 3 is 2.65 bits per heavy atom. The SMILES string of the molecule is COC1CC(NC(=O)c2ccc(F)c(S(N)(=O)=O)c2)C1. The van der Waals surface area contributed by atoms with Crippen molar-refractivity contribution >= 4 is 15.9 Å². The average molecular weight is 302 g/mol. The average Bonchev–Trinajstić information content (AvgIpc) is 2.32. The van der Waals surface area contributed by atoms with Crippen LogP contribution in [0.5, 0.6) is 0 Å². The van der Waals surface area contributed by atoms with E-state index in [9.17, 15) is 17.6 Å². The minimum atomic E-state index is -4.20. The standard InChI is InChI=1S/C12H15FN2O4S/c1-19-9-5-8(6-9)15-12(16)7-2-3-10(13)11(4-7)20(14,17)18/h2-4,8-9H,5-6H2,1H3,(H,15,16)(H2,14,17,18). The van der Waals surface area contributed by atoms with Crippen molar-refractivity contribution in [3.63, 3.8) is 0 Å². The Morgan fingerprint density at radius 1 is 1.45 bits per heavy atom. The van der Waals surface area contributed by atoms with E-state index in [1.165, 1.54) is 6.07 Å². The molecule has 1 aliphatic carbocycles. The third kappa shape index (κ3) is 3.14. The number of primary sulfonamides is 1. The molecule has 20 heavy (non-hydrogen) atoms. The fourth-order valence-corrected chi connectivity index (χ4v) is 2.64. The summed E-state index contributed by atoms with van der Waals surface area (Å²) in [6, 6.07) is 3.04. The quantitative estimate of drug-likeness (QED) is 0.840. The Bertz CT molecular complexity index is 626. The third-order valence-corrected chi connectivity index (χ3v) is 4.19. The van der Waals surface area contributed by atoms with Crippen molar-refractivity contribution in [1.29, 1.82) is 0 Å². The zero-order valence-corrected chi connectivity index (χ0v) is 11.6. The van der Waals surface area contributed by atoms with Crippen molar-refractivity contribution in [2.45, 2.75) is 29.9 Å². The fraction of sp³-hybridized carbons (Fsp3) is 0.417. The first-order valence-corrected chi connectivity index (χ1v) is 7.52. The Morgan fingerprint density at radius 2 is 2.10 bits per heavy atom. The van der Waals surface area contributed by atoms with Crippen LogP contribution in [0.4, 0.5) is 4.39 Å². The molecule has 0 atom stereocenters. The number of ether oxygens (including phenoxy) is 1. The molecule has 1 fully saturated rings. The highest BCUT2D eigenvalue weighted by Gasteiger charge is 2.30. The van der Waals surface area contributed by atoms with E-state index in [2.05, 4.69) is 5.32 Å². The predicted molar refractivity (Wildman–Crippen MR) is 69.1 cm³/mol. The van der Waals surface area contributed by atoms with Gasteiger partial charge in [0.1, 0.15) is 10.7 Å². The van der Waals surface area contributed by atoms with Gasteiger partial charge in [0.2, 0.25) is 10.0 Å². The highest BCUT2D eigenvalue weighted by molar-refractivity contribution is 7.89. The molecule has 6 nitrogen and oxygen atoms in total. The van der Waals surface area contributed by atoms with Crippen LogP contribution < -0.4 is 10.5 Å². The maximum Gasteiger partial charge on any atom is 0.251 e. The van der Waals surface area contributed by atoms with Crippen LogP contribution in [0.25, 0.3) is 0 Å². The fourth-order valence-electron chi connectivity index (χ4n) is 2.01. The third-order valence-electron chi connectivity index (χ3n) is 3.26. The number of hydrogen-bond donors (Lipinski definition) is 2. The lowest BCUT2D eigenvalue weighted by atomic mass is 9.89. The van der Waals surface area contributed by atoms with Gasteiger partial charge < -0.3 is 10.1 Å². The van der Waals surface area contributed by atoms with E-state index in [0.29, 0.717) is 12.8 Å². The zero-order chi connectivity index (χ0) is 14.9. The van der Waals surface area contributed by atoms with Gasteiger partial charge in [0.05, 0.1) is 6.10 Å².